The number of amides is 1. The van der Waals surface area contributed by atoms with E-state index < -0.39 is 0 Å². The van der Waals surface area contributed by atoms with E-state index in [0.717, 1.165) is 4.90 Å². The normalized spacial score (nSPS) is 9.90. The molecule has 4 nitrogen and oxygen atoms in total. The molecule has 0 fully saturated rings. The largest absolute Gasteiger partial charge is 0.399 e. The van der Waals surface area contributed by atoms with E-state index in [9.17, 15) is 4.79 Å². The molecule has 0 bridgehead atoms. The summed E-state index contributed by atoms with van der Waals surface area (Å²) in [5.74, 6) is 0.138. The fourth-order valence-corrected chi connectivity index (χ4v) is 2.51. The van der Waals surface area contributed by atoms with Crippen molar-refractivity contribution < 1.29 is 4.79 Å². The molecular weight excluding hydrogens is 306 g/mol. The van der Waals surface area contributed by atoms with Gasteiger partial charge in [0.2, 0.25) is 5.91 Å². The van der Waals surface area contributed by atoms with Crippen molar-refractivity contribution in [2.75, 3.05) is 16.8 Å². The summed E-state index contributed by atoms with van der Waals surface area (Å²) < 4.78 is 0. The number of anilines is 2. The molecule has 0 saturated carbocycles. The van der Waals surface area contributed by atoms with Crippen molar-refractivity contribution in [1.29, 1.82) is 5.26 Å². The molecule has 0 spiro atoms. The van der Waals surface area contributed by atoms with Gasteiger partial charge in [0.25, 0.3) is 0 Å². The third-order valence-corrected chi connectivity index (χ3v) is 3.95. The zero-order valence-electron chi connectivity index (χ0n) is 11.0. The van der Waals surface area contributed by atoms with Gasteiger partial charge in [-0.2, -0.15) is 5.26 Å². The first-order chi connectivity index (χ1) is 10.1. The van der Waals surface area contributed by atoms with E-state index in [0.29, 0.717) is 22.0 Å². The van der Waals surface area contributed by atoms with Gasteiger partial charge in [0.1, 0.15) is 6.07 Å². The van der Waals surface area contributed by atoms with Crippen LogP contribution in [0.1, 0.15) is 5.56 Å². The summed E-state index contributed by atoms with van der Waals surface area (Å²) in [6, 6.07) is 14.1. The molecule has 0 saturated heterocycles. The molecule has 3 N–H and O–H groups in total. The standard InChI is InChI=1S/C15H12ClN3OS/c16-14-7-12(4-1-10(14)8-17)19-15(20)9-21-13-5-2-11(18)3-6-13/h1-7H,9,18H2,(H,19,20). The van der Waals surface area contributed by atoms with Crippen LogP contribution in [-0.4, -0.2) is 11.7 Å². The summed E-state index contributed by atoms with van der Waals surface area (Å²) in [4.78, 5) is 12.8. The van der Waals surface area contributed by atoms with Crippen LogP contribution in [0, 0.1) is 11.3 Å². The molecule has 21 heavy (non-hydrogen) atoms. The quantitative estimate of drug-likeness (QED) is 0.668. The monoisotopic (exact) mass is 317 g/mol. The van der Waals surface area contributed by atoms with Gasteiger partial charge >= 0.3 is 0 Å². The zero-order chi connectivity index (χ0) is 15.2. The molecular formula is C15H12ClN3OS. The number of nitriles is 1. The van der Waals surface area contributed by atoms with E-state index in [4.69, 9.17) is 22.6 Å². The van der Waals surface area contributed by atoms with Gasteiger partial charge in [-0.3, -0.25) is 4.79 Å². The molecule has 2 aromatic rings. The number of hydrogen-bond donors (Lipinski definition) is 2. The van der Waals surface area contributed by atoms with Crippen LogP contribution < -0.4 is 11.1 Å². The maximum Gasteiger partial charge on any atom is 0.234 e. The minimum absolute atomic E-state index is 0.141. The first-order valence-corrected chi connectivity index (χ1v) is 7.42. The second-order valence-corrected chi connectivity index (χ2v) is 5.67. The Morgan fingerprint density at radius 1 is 1.29 bits per heavy atom. The molecule has 0 aliphatic heterocycles. The number of nitrogens with one attached hydrogen (secondary N) is 1. The van der Waals surface area contributed by atoms with E-state index in [1.54, 1.807) is 30.3 Å². The van der Waals surface area contributed by atoms with E-state index >= 15 is 0 Å². The lowest BCUT2D eigenvalue weighted by Crippen LogP contribution is -2.13. The number of nitrogens with zero attached hydrogens (tertiary/aromatic N) is 1. The molecule has 2 aromatic carbocycles. The average molecular weight is 318 g/mol. The highest BCUT2D eigenvalue weighted by atomic mass is 35.5. The molecule has 0 atom stereocenters. The molecule has 6 heteroatoms. The first kappa shape index (κ1) is 15.2. The van der Waals surface area contributed by atoms with Crippen LogP contribution in [-0.2, 0) is 4.79 Å². The van der Waals surface area contributed by atoms with Crippen LogP contribution in [0.5, 0.6) is 0 Å². The second kappa shape index (κ2) is 7.02. The molecule has 1 amide bonds. The molecule has 0 unspecified atom stereocenters. The van der Waals surface area contributed by atoms with Crippen molar-refractivity contribution in [1.82, 2.24) is 0 Å². The number of carbonyl (C=O) groups is 1. The summed E-state index contributed by atoms with van der Waals surface area (Å²) >= 11 is 7.33. The predicted molar refractivity (Wildman–Crippen MR) is 86.4 cm³/mol. The number of rotatable bonds is 4. The van der Waals surface area contributed by atoms with Gasteiger partial charge in [-0.1, -0.05) is 11.6 Å². The number of nitrogens with two attached hydrogens (primary N) is 1. The van der Waals surface area contributed by atoms with E-state index in [2.05, 4.69) is 5.32 Å². The van der Waals surface area contributed by atoms with Crippen molar-refractivity contribution in [3.63, 3.8) is 0 Å². The molecule has 0 aliphatic rings. The highest BCUT2D eigenvalue weighted by molar-refractivity contribution is 8.00. The summed E-state index contributed by atoms with van der Waals surface area (Å²) in [5, 5.41) is 11.8. The Bertz CT molecular complexity index is 695. The molecule has 0 heterocycles. The Kier molecular flexibility index (Phi) is 5.09. The topological polar surface area (TPSA) is 78.9 Å². The molecule has 0 radical (unpaired) electrons. The van der Waals surface area contributed by atoms with Crippen LogP contribution in [0.25, 0.3) is 0 Å². The lowest BCUT2D eigenvalue weighted by Gasteiger charge is -2.06. The van der Waals surface area contributed by atoms with Crippen molar-refractivity contribution in [3.05, 3.63) is 53.1 Å². The summed E-state index contributed by atoms with van der Waals surface area (Å²) in [6.45, 7) is 0. The minimum Gasteiger partial charge on any atom is -0.399 e. The zero-order valence-corrected chi connectivity index (χ0v) is 12.5. The third-order valence-electron chi connectivity index (χ3n) is 2.62. The van der Waals surface area contributed by atoms with Crippen molar-refractivity contribution in [2.45, 2.75) is 4.90 Å². The predicted octanol–water partition coefficient (Wildman–Crippen LogP) is 3.52. The Morgan fingerprint density at radius 3 is 2.62 bits per heavy atom. The Morgan fingerprint density at radius 2 is 2.00 bits per heavy atom. The Balaban J connectivity index is 1.91. The number of thioether (sulfide) groups is 1. The van der Waals surface area contributed by atoms with Crippen molar-refractivity contribution in [2.24, 2.45) is 0 Å². The number of carbonyl (C=O) groups excluding carboxylic acids is 1. The summed E-state index contributed by atoms with van der Waals surface area (Å²) in [5.41, 5.74) is 7.24. The number of nitrogen functional groups attached to an aromatic ring is 1. The van der Waals surface area contributed by atoms with Crippen LogP contribution in [0.3, 0.4) is 0 Å². The Hall–Kier alpha value is -2.16. The van der Waals surface area contributed by atoms with Crippen LogP contribution in [0.4, 0.5) is 11.4 Å². The smallest absolute Gasteiger partial charge is 0.234 e. The third kappa shape index (κ3) is 4.42. The van der Waals surface area contributed by atoms with E-state index in [1.165, 1.54) is 11.8 Å². The first-order valence-electron chi connectivity index (χ1n) is 6.06. The van der Waals surface area contributed by atoms with Crippen molar-refractivity contribution >= 4 is 40.6 Å². The SMILES string of the molecule is N#Cc1ccc(NC(=O)CSc2ccc(N)cc2)cc1Cl. The number of benzene rings is 2. The van der Waals surface area contributed by atoms with Gasteiger partial charge in [0.15, 0.2) is 0 Å². The van der Waals surface area contributed by atoms with Gasteiger partial charge in [-0.05, 0) is 42.5 Å². The van der Waals surface area contributed by atoms with Gasteiger partial charge < -0.3 is 11.1 Å². The van der Waals surface area contributed by atoms with Gasteiger partial charge in [-0.25, -0.2) is 0 Å². The van der Waals surface area contributed by atoms with Crippen LogP contribution in [0.2, 0.25) is 5.02 Å². The van der Waals surface area contributed by atoms with Gasteiger partial charge in [0, 0.05) is 16.3 Å². The number of halogens is 1. The fraction of sp³-hybridized carbons (Fsp3) is 0.0667. The van der Waals surface area contributed by atoms with E-state index in [-0.39, 0.29) is 11.7 Å². The van der Waals surface area contributed by atoms with Crippen LogP contribution >= 0.6 is 23.4 Å². The van der Waals surface area contributed by atoms with Crippen molar-refractivity contribution in [3.8, 4) is 6.07 Å². The average Bonchev–Trinajstić information content (AvgIpc) is 2.47. The molecule has 2 rings (SSSR count). The highest BCUT2D eigenvalue weighted by Crippen LogP contribution is 2.22. The number of hydrogen-bond acceptors (Lipinski definition) is 4. The van der Waals surface area contributed by atoms with Gasteiger partial charge in [-0.15, -0.1) is 11.8 Å². The lowest BCUT2D eigenvalue weighted by molar-refractivity contribution is -0.113. The fourth-order valence-electron chi connectivity index (χ4n) is 1.59. The molecule has 0 aliphatic carbocycles. The lowest BCUT2D eigenvalue weighted by atomic mass is 10.2. The second-order valence-electron chi connectivity index (χ2n) is 4.21. The Labute approximate surface area is 131 Å². The summed E-state index contributed by atoms with van der Waals surface area (Å²) in [6.07, 6.45) is 0. The van der Waals surface area contributed by atoms with Gasteiger partial charge in [0.05, 0.1) is 16.3 Å². The highest BCUT2D eigenvalue weighted by Gasteiger charge is 2.06. The molecule has 106 valence electrons. The molecule has 0 aromatic heterocycles. The summed E-state index contributed by atoms with van der Waals surface area (Å²) in [7, 11) is 0. The van der Waals surface area contributed by atoms with E-state index in [1.807, 2.05) is 18.2 Å². The maximum absolute atomic E-state index is 11.9. The van der Waals surface area contributed by atoms with Crippen LogP contribution in [0.15, 0.2) is 47.4 Å². The minimum atomic E-state index is -0.141. The maximum atomic E-state index is 11.9.